The predicted octanol–water partition coefficient (Wildman–Crippen LogP) is 2.75. The first-order chi connectivity index (χ1) is 4.73. The third-order valence-electron chi connectivity index (χ3n) is 4.00. The van der Waals surface area contributed by atoms with Crippen LogP contribution in [0.1, 0.15) is 33.1 Å². The predicted molar refractivity (Wildman–Crippen MR) is 41.6 cm³/mol. The van der Waals surface area contributed by atoms with Crippen LogP contribution >= 0.6 is 0 Å². The first kappa shape index (κ1) is 5.40. The van der Waals surface area contributed by atoms with E-state index < -0.39 is 0 Å². The Morgan fingerprint density at radius 1 is 1.50 bits per heavy atom. The zero-order chi connectivity index (χ0) is 6.93. The van der Waals surface area contributed by atoms with Crippen molar-refractivity contribution in [1.82, 2.24) is 0 Å². The second-order valence-electron chi connectivity index (χ2n) is 4.59. The molecule has 0 saturated heterocycles. The summed E-state index contributed by atoms with van der Waals surface area (Å²) in [6.45, 7) is 4.89. The maximum Gasteiger partial charge on any atom is -0.000782 e. The Labute approximate surface area is 62.3 Å². The van der Waals surface area contributed by atoms with Crippen molar-refractivity contribution in [3.8, 4) is 0 Å². The number of allylic oxidation sites excluding steroid dienone is 2. The normalized spacial score (nSPS) is 55.8. The molecule has 3 aliphatic rings. The number of hydrogen-bond acceptors (Lipinski definition) is 0. The summed E-state index contributed by atoms with van der Waals surface area (Å²) in [4.78, 5) is 0. The number of hydrogen-bond donors (Lipinski definition) is 0. The fourth-order valence-corrected chi connectivity index (χ4v) is 3.42. The molecular formula is C10H14. The maximum atomic E-state index is 2.46. The van der Waals surface area contributed by atoms with E-state index in [9.17, 15) is 0 Å². The lowest BCUT2D eigenvalue weighted by Crippen LogP contribution is -2.23. The van der Waals surface area contributed by atoms with Crippen LogP contribution in [0.15, 0.2) is 11.1 Å². The van der Waals surface area contributed by atoms with Crippen LogP contribution in [0.2, 0.25) is 0 Å². The monoisotopic (exact) mass is 134 g/mol. The van der Waals surface area contributed by atoms with Gasteiger partial charge in [-0.1, -0.05) is 25.0 Å². The van der Waals surface area contributed by atoms with E-state index in [0.29, 0.717) is 0 Å². The Bertz CT molecular complexity index is 236. The molecule has 0 aromatic rings. The van der Waals surface area contributed by atoms with Gasteiger partial charge in [-0.2, -0.15) is 0 Å². The van der Waals surface area contributed by atoms with Crippen molar-refractivity contribution in [3.63, 3.8) is 0 Å². The zero-order valence-corrected chi connectivity index (χ0v) is 6.78. The Morgan fingerprint density at radius 3 is 3.00 bits per heavy atom. The molecule has 0 aromatic carbocycles. The van der Waals surface area contributed by atoms with Crippen LogP contribution in [0.4, 0.5) is 0 Å². The number of fused-ring (bicyclic) bond motifs is 3. The minimum Gasteiger partial charge on any atom is -0.0661 e. The van der Waals surface area contributed by atoms with Crippen LogP contribution in [-0.2, 0) is 0 Å². The molecule has 2 fully saturated rings. The van der Waals surface area contributed by atoms with Crippen LogP contribution in [0.25, 0.3) is 0 Å². The maximum absolute atomic E-state index is 2.46. The largest absolute Gasteiger partial charge is 0.0661 e. The minimum absolute atomic E-state index is 0.741. The molecule has 0 amide bonds. The quantitative estimate of drug-likeness (QED) is 0.447. The molecule has 3 aliphatic carbocycles. The van der Waals surface area contributed by atoms with E-state index in [0.717, 1.165) is 17.3 Å². The summed E-state index contributed by atoms with van der Waals surface area (Å²) in [5.41, 5.74) is 4.46. The third-order valence-corrected chi connectivity index (χ3v) is 4.00. The molecule has 54 valence electrons. The summed E-state index contributed by atoms with van der Waals surface area (Å²) < 4.78 is 0. The van der Waals surface area contributed by atoms with Gasteiger partial charge in [0.05, 0.1) is 0 Å². The Hall–Kier alpha value is -0.260. The van der Waals surface area contributed by atoms with Crippen molar-refractivity contribution in [2.75, 3.05) is 0 Å². The van der Waals surface area contributed by atoms with E-state index in [-0.39, 0.29) is 0 Å². The molecular weight excluding hydrogens is 120 g/mol. The van der Waals surface area contributed by atoms with Crippen LogP contribution in [0.5, 0.6) is 0 Å². The molecule has 0 aliphatic heterocycles. The Morgan fingerprint density at radius 2 is 2.30 bits per heavy atom. The lowest BCUT2D eigenvalue weighted by molar-refractivity contribution is 0.302. The van der Waals surface area contributed by atoms with Gasteiger partial charge in [-0.3, -0.25) is 0 Å². The topological polar surface area (TPSA) is 0 Å². The van der Waals surface area contributed by atoms with Crippen molar-refractivity contribution in [3.05, 3.63) is 11.1 Å². The molecule has 3 unspecified atom stereocenters. The molecule has 0 nitrogen and oxygen atoms in total. The lowest BCUT2D eigenvalue weighted by atomic mass is 9.73. The van der Waals surface area contributed by atoms with Gasteiger partial charge in [0.1, 0.15) is 0 Å². The van der Waals surface area contributed by atoms with Crippen molar-refractivity contribution < 1.29 is 0 Å². The van der Waals surface area contributed by atoms with Gasteiger partial charge < -0.3 is 0 Å². The van der Waals surface area contributed by atoms with Crippen molar-refractivity contribution in [1.29, 1.82) is 0 Å². The van der Waals surface area contributed by atoms with Crippen LogP contribution in [0.3, 0.4) is 0 Å². The second kappa shape index (κ2) is 1.22. The summed E-state index contributed by atoms with van der Waals surface area (Å²) in [6, 6.07) is 0. The number of rotatable bonds is 0. The molecule has 10 heavy (non-hydrogen) atoms. The van der Waals surface area contributed by atoms with Crippen molar-refractivity contribution in [2.45, 2.75) is 33.1 Å². The smallest absolute Gasteiger partial charge is 0.000782 e. The summed E-state index contributed by atoms with van der Waals surface area (Å²) in [5, 5.41) is 0. The third kappa shape index (κ3) is 0.349. The van der Waals surface area contributed by atoms with Crippen LogP contribution < -0.4 is 0 Å². The molecule has 0 N–H and O–H groups in total. The van der Waals surface area contributed by atoms with E-state index >= 15 is 0 Å². The molecule has 3 rings (SSSR count). The highest BCUT2D eigenvalue weighted by molar-refractivity contribution is 5.53. The molecule has 0 aromatic heterocycles. The lowest BCUT2D eigenvalue weighted by Gasteiger charge is -2.31. The SMILES string of the molecule is CC1CCC2=C3CC3(C)C21. The summed E-state index contributed by atoms with van der Waals surface area (Å²) in [6.07, 6.45) is 4.37. The minimum atomic E-state index is 0.741. The molecule has 3 atom stereocenters. The zero-order valence-electron chi connectivity index (χ0n) is 6.78. The molecule has 0 heterocycles. The summed E-state index contributed by atoms with van der Waals surface area (Å²) in [7, 11) is 0. The van der Waals surface area contributed by atoms with Gasteiger partial charge >= 0.3 is 0 Å². The van der Waals surface area contributed by atoms with Gasteiger partial charge in [0.2, 0.25) is 0 Å². The Kier molecular flexibility index (Phi) is 0.657. The average molecular weight is 134 g/mol. The first-order valence-corrected chi connectivity index (χ1v) is 4.46. The highest BCUT2D eigenvalue weighted by Gasteiger charge is 2.64. The van der Waals surface area contributed by atoms with E-state index in [4.69, 9.17) is 0 Å². The highest BCUT2D eigenvalue weighted by Crippen LogP contribution is 2.75. The molecule has 2 saturated carbocycles. The highest BCUT2D eigenvalue weighted by atomic mass is 14.7. The van der Waals surface area contributed by atoms with Gasteiger partial charge in [-0.05, 0) is 36.5 Å². The Balaban J connectivity index is 2.08. The summed E-state index contributed by atoms with van der Waals surface area (Å²) >= 11 is 0. The van der Waals surface area contributed by atoms with Gasteiger partial charge in [0.25, 0.3) is 0 Å². The molecule has 0 radical (unpaired) electrons. The molecule has 0 heteroatoms. The van der Waals surface area contributed by atoms with Gasteiger partial charge in [0, 0.05) is 0 Å². The molecule has 0 bridgehead atoms. The summed E-state index contributed by atoms with van der Waals surface area (Å²) in [5.74, 6) is 2.04. The van der Waals surface area contributed by atoms with Crippen LogP contribution in [-0.4, -0.2) is 0 Å². The van der Waals surface area contributed by atoms with Gasteiger partial charge in [-0.15, -0.1) is 0 Å². The van der Waals surface area contributed by atoms with Gasteiger partial charge in [-0.25, -0.2) is 0 Å². The average Bonchev–Trinajstić information content (AvgIpc) is 2.38. The van der Waals surface area contributed by atoms with Crippen molar-refractivity contribution in [2.24, 2.45) is 17.3 Å². The fourth-order valence-electron chi connectivity index (χ4n) is 3.42. The van der Waals surface area contributed by atoms with Crippen LogP contribution in [0, 0.1) is 17.3 Å². The van der Waals surface area contributed by atoms with E-state index in [1.807, 2.05) is 11.1 Å². The van der Waals surface area contributed by atoms with Gasteiger partial charge in [0.15, 0.2) is 0 Å². The first-order valence-electron chi connectivity index (χ1n) is 4.46. The second-order valence-corrected chi connectivity index (χ2v) is 4.59. The van der Waals surface area contributed by atoms with Crippen molar-refractivity contribution >= 4 is 0 Å². The molecule has 0 spiro atoms. The van der Waals surface area contributed by atoms with E-state index in [1.165, 1.54) is 19.3 Å². The standard InChI is InChI=1S/C10H14/c1-6-3-4-7-8-5-10(8,2)9(6)7/h6,9H,3-5H2,1-2H3. The fraction of sp³-hybridized carbons (Fsp3) is 0.800. The van der Waals surface area contributed by atoms with E-state index in [1.54, 1.807) is 0 Å². The van der Waals surface area contributed by atoms with E-state index in [2.05, 4.69) is 13.8 Å².